The van der Waals surface area contributed by atoms with E-state index in [1.165, 1.54) is 0 Å². The zero-order chi connectivity index (χ0) is 22.0. The number of esters is 1. The van der Waals surface area contributed by atoms with E-state index in [4.69, 9.17) is 4.74 Å². The molecule has 3 aromatic rings. The van der Waals surface area contributed by atoms with Crippen LogP contribution in [0.1, 0.15) is 56.4 Å². The topological polar surface area (TPSA) is 113 Å². The molecule has 0 N–H and O–H groups in total. The SMILES string of the molecule is CC12CCC(C(=O)Oc3cccc4cccnc34)(c3nc(C#N)c(C#N)nc31)C2(C)C. The van der Waals surface area contributed by atoms with Gasteiger partial charge in [-0.3, -0.25) is 9.78 Å². The van der Waals surface area contributed by atoms with E-state index in [-0.39, 0.29) is 11.4 Å². The van der Waals surface area contributed by atoms with Crippen molar-refractivity contribution in [1.29, 1.82) is 10.5 Å². The summed E-state index contributed by atoms with van der Waals surface area (Å²) in [6.07, 6.45) is 2.90. The van der Waals surface area contributed by atoms with Crippen molar-refractivity contribution < 1.29 is 9.53 Å². The number of hydrogen-bond donors (Lipinski definition) is 0. The lowest BCUT2D eigenvalue weighted by Crippen LogP contribution is -2.48. The Kier molecular flexibility index (Phi) is 3.76. The summed E-state index contributed by atoms with van der Waals surface area (Å²) in [6, 6.07) is 13.1. The fourth-order valence-electron chi connectivity index (χ4n) is 5.44. The highest BCUT2D eigenvalue weighted by Crippen LogP contribution is 2.70. The number of para-hydroxylation sites is 1. The van der Waals surface area contributed by atoms with Crippen molar-refractivity contribution in [2.24, 2.45) is 5.41 Å². The minimum Gasteiger partial charge on any atom is -0.423 e. The van der Waals surface area contributed by atoms with Gasteiger partial charge >= 0.3 is 5.97 Å². The second kappa shape index (κ2) is 6.09. The molecular weight excluding hydrogens is 390 g/mol. The number of carbonyl (C=O) groups is 1. The van der Waals surface area contributed by atoms with Gasteiger partial charge in [-0.1, -0.05) is 39.0 Å². The first-order valence-corrected chi connectivity index (χ1v) is 10.1. The first kappa shape index (κ1) is 19.1. The molecule has 7 heteroatoms. The summed E-state index contributed by atoms with van der Waals surface area (Å²) in [7, 11) is 0. The number of rotatable bonds is 2. The lowest BCUT2D eigenvalue weighted by Gasteiger charge is -2.38. The molecule has 0 spiro atoms. The fourth-order valence-corrected chi connectivity index (χ4v) is 5.44. The van der Waals surface area contributed by atoms with E-state index in [1.54, 1.807) is 12.3 Å². The third-order valence-electron chi connectivity index (χ3n) is 7.63. The van der Waals surface area contributed by atoms with Gasteiger partial charge in [-0.2, -0.15) is 10.5 Å². The maximum absolute atomic E-state index is 13.8. The van der Waals surface area contributed by atoms with E-state index in [9.17, 15) is 15.3 Å². The second-order valence-corrected chi connectivity index (χ2v) is 8.92. The van der Waals surface area contributed by atoms with Gasteiger partial charge in [0.2, 0.25) is 0 Å². The van der Waals surface area contributed by atoms with Crippen LogP contribution in [0.4, 0.5) is 0 Å². The maximum atomic E-state index is 13.8. The van der Waals surface area contributed by atoms with Crippen molar-refractivity contribution in [1.82, 2.24) is 15.0 Å². The third kappa shape index (κ3) is 2.16. The summed E-state index contributed by atoms with van der Waals surface area (Å²) in [5, 5.41) is 19.8. The molecule has 2 aliphatic rings. The highest BCUT2D eigenvalue weighted by molar-refractivity contribution is 5.92. The number of benzene rings is 1. The molecule has 2 atom stereocenters. The zero-order valence-electron chi connectivity index (χ0n) is 17.4. The van der Waals surface area contributed by atoms with Crippen molar-refractivity contribution in [2.75, 3.05) is 0 Å². The van der Waals surface area contributed by atoms with E-state index in [1.807, 2.05) is 50.3 Å². The molecule has 0 saturated heterocycles. The lowest BCUT2D eigenvalue weighted by molar-refractivity contribution is -0.145. The summed E-state index contributed by atoms with van der Waals surface area (Å²) < 4.78 is 5.98. The molecule has 0 radical (unpaired) electrons. The largest absolute Gasteiger partial charge is 0.423 e. The van der Waals surface area contributed by atoms with E-state index in [0.29, 0.717) is 35.5 Å². The number of carbonyl (C=O) groups excluding carboxylic acids is 1. The van der Waals surface area contributed by atoms with Crippen molar-refractivity contribution in [2.45, 2.75) is 44.4 Å². The Labute approximate surface area is 179 Å². The molecule has 31 heavy (non-hydrogen) atoms. The Balaban J connectivity index is 1.70. The van der Waals surface area contributed by atoms with Gasteiger partial charge in [0.1, 0.15) is 23.1 Å². The molecule has 2 heterocycles. The van der Waals surface area contributed by atoms with Crippen LogP contribution in [0.3, 0.4) is 0 Å². The Morgan fingerprint density at radius 1 is 1.00 bits per heavy atom. The molecule has 0 amide bonds. The van der Waals surface area contributed by atoms with Crippen LogP contribution in [0.15, 0.2) is 36.5 Å². The molecule has 0 aliphatic heterocycles. The van der Waals surface area contributed by atoms with Gasteiger partial charge in [-0.05, 0) is 30.4 Å². The zero-order valence-corrected chi connectivity index (χ0v) is 17.4. The molecule has 152 valence electrons. The maximum Gasteiger partial charge on any atom is 0.324 e. The highest BCUT2D eigenvalue weighted by atomic mass is 16.5. The van der Waals surface area contributed by atoms with Gasteiger partial charge in [0.15, 0.2) is 17.1 Å². The standard InChI is InChI=1S/C24H19N5O2/c1-22(2)23(3)9-10-24(22,20-19(23)28-15(12-25)16(13-26)29-20)21(30)31-17-8-4-6-14-7-5-11-27-18(14)17/h4-8,11H,9-10H2,1-3H3. The lowest BCUT2D eigenvalue weighted by atomic mass is 9.64. The van der Waals surface area contributed by atoms with E-state index < -0.39 is 22.2 Å². The molecule has 2 unspecified atom stereocenters. The van der Waals surface area contributed by atoms with Crippen LogP contribution >= 0.6 is 0 Å². The van der Waals surface area contributed by atoms with Crippen molar-refractivity contribution in [3.05, 3.63) is 59.3 Å². The van der Waals surface area contributed by atoms with E-state index >= 15 is 0 Å². The van der Waals surface area contributed by atoms with Crippen molar-refractivity contribution in [3.63, 3.8) is 0 Å². The number of nitriles is 2. The van der Waals surface area contributed by atoms with E-state index in [2.05, 4.69) is 21.9 Å². The van der Waals surface area contributed by atoms with Crippen molar-refractivity contribution >= 4 is 16.9 Å². The highest BCUT2D eigenvalue weighted by Gasteiger charge is 2.74. The molecular formula is C24H19N5O2. The average Bonchev–Trinajstić information content (AvgIpc) is 3.08. The van der Waals surface area contributed by atoms with Gasteiger partial charge in [0.05, 0.1) is 11.4 Å². The monoisotopic (exact) mass is 409 g/mol. The van der Waals surface area contributed by atoms with Crippen molar-refractivity contribution in [3.8, 4) is 17.9 Å². The fraction of sp³-hybridized carbons (Fsp3) is 0.333. The number of pyridine rings is 1. The third-order valence-corrected chi connectivity index (χ3v) is 7.63. The number of fused-ring (bicyclic) bond motifs is 6. The summed E-state index contributed by atoms with van der Waals surface area (Å²) in [5.41, 5.74) is -0.494. The minimum atomic E-state index is -1.07. The summed E-state index contributed by atoms with van der Waals surface area (Å²) in [5.74, 6) is -0.0431. The van der Waals surface area contributed by atoms with Crippen LogP contribution < -0.4 is 4.74 Å². The Bertz CT molecular complexity index is 1360. The van der Waals surface area contributed by atoms with Gasteiger partial charge < -0.3 is 4.74 Å². The number of aromatic nitrogens is 3. The number of ether oxygens (including phenoxy) is 1. The molecule has 1 saturated carbocycles. The van der Waals surface area contributed by atoms with Crippen LogP contribution in [-0.4, -0.2) is 20.9 Å². The summed E-state index contributed by atoms with van der Waals surface area (Å²) in [4.78, 5) is 27.2. The van der Waals surface area contributed by atoms with Crippen LogP contribution in [0.25, 0.3) is 10.9 Å². The Morgan fingerprint density at radius 2 is 1.68 bits per heavy atom. The predicted octanol–water partition coefficient (Wildman–Crippen LogP) is 3.70. The number of hydrogen-bond acceptors (Lipinski definition) is 7. The molecule has 7 nitrogen and oxygen atoms in total. The number of nitrogens with zero attached hydrogens (tertiary/aromatic N) is 5. The summed E-state index contributed by atoms with van der Waals surface area (Å²) >= 11 is 0. The molecule has 1 aromatic carbocycles. The van der Waals surface area contributed by atoms with Gasteiger partial charge in [-0.15, -0.1) is 0 Å². The smallest absolute Gasteiger partial charge is 0.324 e. The van der Waals surface area contributed by atoms with Crippen LogP contribution in [0.5, 0.6) is 5.75 Å². The van der Waals surface area contributed by atoms with Gasteiger partial charge in [0.25, 0.3) is 0 Å². The quantitative estimate of drug-likeness (QED) is 0.468. The molecule has 2 bridgehead atoms. The Morgan fingerprint density at radius 3 is 2.39 bits per heavy atom. The minimum absolute atomic E-state index is 0.00686. The van der Waals surface area contributed by atoms with E-state index in [0.717, 1.165) is 5.39 Å². The Hall–Kier alpha value is -3.84. The molecule has 2 aromatic heterocycles. The molecule has 1 fully saturated rings. The van der Waals surface area contributed by atoms with Gasteiger partial charge in [0, 0.05) is 17.0 Å². The van der Waals surface area contributed by atoms with Crippen LogP contribution in [-0.2, 0) is 15.6 Å². The average molecular weight is 409 g/mol. The molecule has 2 aliphatic carbocycles. The second-order valence-electron chi connectivity index (χ2n) is 8.92. The first-order valence-electron chi connectivity index (χ1n) is 10.1. The van der Waals surface area contributed by atoms with Crippen LogP contribution in [0.2, 0.25) is 0 Å². The predicted molar refractivity (Wildman–Crippen MR) is 111 cm³/mol. The first-order chi connectivity index (χ1) is 14.8. The van der Waals surface area contributed by atoms with Crippen LogP contribution in [0, 0.1) is 28.1 Å². The van der Waals surface area contributed by atoms with Gasteiger partial charge in [-0.25, -0.2) is 9.97 Å². The normalized spacial score (nSPS) is 24.9. The molecule has 5 rings (SSSR count). The summed E-state index contributed by atoms with van der Waals surface area (Å²) in [6.45, 7) is 6.09.